The van der Waals surface area contributed by atoms with Gasteiger partial charge in [0.05, 0.1) is 6.10 Å². The van der Waals surface area contributed by atoms with Crippen LogP contribution in [0.3, 0.4) is 0 Å². The van der Waals surface area contributed by atoms with Crippen molar-refractivity contribution in [3.63, 3.8) is 0 Å². The summed E-state index contributed by atoms with van der Waals surface area (Å²) in [5, 5.41) is 0. The van der Waals surface area contributed by atoms with E-state index in [9.17, 15) is 0 Å². The van der Waals surface area contributed by atoms with E-state index in [-0.39, 0.29) is 11.7 Å². The van der Waals surface area contributed by atoms with E-state index in [2.05, 4.69) is 45.9 Å². The van der Waals surface area contributed by atoms with Crippen LogP contribution in [0.4, 0.5) is 0 Å². The highest BCUT2D eigenvalue weighted by Gasteiger charge is 2.25. The largest absolute Gasteiger partial charge is 0.465 e. The van der Waals surface area contributed by atoms with Crippen molar-refractivity contribution in [1.29, 1.82) is 0 Å². The van der Waals surface area contributed by atoms with Gasteiger partial charge < -0.3 is 9.47 Å². The molecule has 0 saturated heterocycles. The number of rotatable bonds is 6. The van der Waals surface area contributed by atoms with Crippen molar-refractivity contribution in [2.45, 2.75) is 85.0 Å². The van der Waals surface area contributed by atoms with Gasteiger partial charge in [-0.05, 0) is 42.4 Å². The van der Waals surface area contributed by atoms with Gasteiger partial charge >= 0.3 is 0 Å². The van der Waals surface area contributed by atoms with E-state index in [0.29, 0.717) is 6.10 Å². The molecule has 1 saturated carbocycles. The minimum absolute atomic E-state index is 0.143. The summed E-state index contributed by atoms with van der Waals surface area (Å²) in [5.74, 6) is 0.935. The molecular weight excluding hydrogens is 272 g/mol. The Bertz CT molecular complexity index is 441. The van der Waals surface area contributed by atoms with Crippen LogP contribution in [0.5, 0.6) is 5.75 Å². The lowest BCUT2D eigenvalue weighted by atomic mass is 9.91. The lowest BCUT2D eigenvalue weighted by Crippen LogP contribution is -2.32. The zero-order valence-electron chi connectivity index (χ0n) is 14.7. The minimum atomic E-state index is -0.143. The van der Waals surface area contributed by atoms with Gasteiger partial charge in [-0.1, -0.05) is 59.1 Å². The van der Waals surface area contributed by atoms with Gasteiger partial charge in [0.15, 0.2) is 0 Å². The smallest absolute Gasteiger partial charge is 0.200 e. The Morgan fingerprint density at radius 3 is 2.50 bits per heavy atom. The molecule has 2 nitrogen and oxygen atoms in total. The Kier molecular flexibility index (Phi) is 6.31. The molecule has 1 unspecified atom stereocenters. The van der Waals surface area contributed by atoms with E-state index in [4.69, 9.17) is 9.47 Å². The molecule has 2 heteroatoms. The van der Waals surface area contributed by atoms with Crippen molar-refractivity contribution in [1.82, 2.24) is 0 Å². The van der Waals surface area contributed by atoms with Gasteiger partial charge in [-0.3, -0.25) is 0 Å². The van der Waals surface area contributed by atoms with Crippen LogP contribution in [0, 0.1) is 5.41 Å². The number of hydrogen-bond acceptors (Lipinski definition) is 2. The number of benzene rings is 1. The first-order chi connectivity index (χ1) is 10.5. The first-order valence-corrected chi connectivity index (χ1v) is 8.87. The topological polar surface area (TPSA) is 18.5 Å². The maximum absolute atomic E-state index is 6.32. The van der Waals surface area contributed by atoms with Crippen LogP contribution >= 0.6 is 0 Å². The van der Waals surface area contributed by atoms with E-state index in [1.807, 2.05) is 6.07 Å². The molecule has 1 aliphatic carbocycles. The van der Waals surface area contributed by atoms with E-state index < -0.39 is 0 Å². The summed E-state index contributed by atoms with van der Waals surface area (Å²) >= 11 is 0. The Hall–Kier alpha value is -1.02. The van der Waals surface area contributed by atoms with E-state index in [0.717, 1.165) is 18.6 Å². The quantitative estimate of drug-likeness (QED) is 0.624. The monoisotopic (exact) mass is 304 g/mol. The fourth-order valence-electron chi connectivity index (χ4n) is 3.02. The van der Waals surface area contributed by atoms with Crippen molar-refractivity contribution >= 4 is 0 Å². The molecule has 1 atom stereocenters. The summed E-state index contributed by atoms with van der Waals surface area (Å²) in [7, 11) is 0. The van der Waals surface area contributed by atoms with E-state index in [1.165, 1.54) is 37.7 Å². The Morgan fingerprint density at radius 2 is 1.86 bits per heavy atom. The average Bonchev–Trinajstić information content (AvgIpc) is 2.46. The van der Waals surface area contributed by atoms with Crippen LogP contribution in [0.2, 0.25) is 0 Å². The van der Waals surface area contributed by atoms with Gasteiger partial charge in [-0.15, -0.1) is 0 Å². The molecule has 124 valence electrons. The van der Waals surface area contributed by atoms with Gasteiger partial charge in [0.2, 0.25) is 6.29 Å². The Balaban J connectivity index is 2.02. The molecule has 1 aromatic carbocycles. The molecule has 0 N–H and O–H groups in total. The Labute approximate surface area is 136 Å². The third-order valence-electron chi connectivity index (χ3n) is 4.25. The summed E-state index contributed by atoms with van der Waals surface area (Å²) < 4.78 is 12.5. The summed E-state index contributed by atoms with van der Waals surface area (Å²) in [4.78, 5) is 0. The fourth-order valence-corrected chi connectivity index (χ4v) is 3.02. The van der Waals surface area contributed by atoms with Crippen molar-refractivity contribution in [2.24, 2.45) is 5.41 Å². The summed E-state index contributed by atoms with van der Waals surface area (Å²) in [6, 6.07) is 8.40. The highest BCUT2D eigenvalue weighted by molar-refractivity contribution is 5.28. The predicted molar refractivity (Wildman–Crippen MR) is 92.3 cm³/mol. The second-order valence-electron chi connectivity index (χ2n) is 7.71. The van der Waals surface area contributed by atoms with E-state index >= 15 is 0 Å². The molecule has 22 heavy (non-hydrogen) atoms. The zero-order valence-corrected chi connectivity index (χ0v) is 14.7. The molecule has 0 radical (unpaired) electrons. The lowest BCUT2D eigenvalue weighted by Gasteiger charge is -2.31. The van der Waals surface area contributed by atoms with Crippen LogP contribution in [0.25, 0.3) is 0 Å². The minimum Gasteiger partial charge on any atom is -0.465 e. The van der Waals surface area contributed by atoms with Crippen LogP contribution in [0.1, 0.15) is 71.8 Å². The summed E-state index contributed by atoms with van der Waals surface area (Å²) in [6.07, 6.45) is 8.47. The lowest BCUT2D eigenvalue weighted by molar-refractivity contribution is -0.142. The Morgan fingerprint density at radius 1 is 1.14 bits per heavy atom. The summed E-state index contributed by atoms with van der Waals surface area (Å²) in [5.41, 5.74) is 1.51. The SMILES string of the molecule is CCc1cccc(OC(CC(C)(C)C)OC2CCCCC2)c1. The first kappa shape index (κ1) is 17.3. The molecule has 2 rings (SSSR count). The highest BCUT2D eigenvalue weighted by atomic mass is 16.7. The van der Waals surface area contributed by atoms with Crippen LogP contribution in [-0.2, 0) is 11.2 Å². The van der Waals surface area contributed by atoms with E-state index in [1.54, 1.807) is 0 Å². The molecule has 1 aliphatic rings. The third-order valence-corrected chi connectivity index (χ3v) is 4.25. The van der Waals surface area contributed by atoms with Crippen LogP contribution < -0.4 is 4.74 Å². The van der Waals surface area contributed by atoms with Gasteiger partial charge in [0.1, 0.15) is 5.75 Å². The maximum Gasteiger partial charge on any atom is 0.200 e. The van der Waals surface area contributed by atoms with Gasteiger partial charge in [0.25, 0.3) is 0 Å². The predicted octanol–water partition coefficient (Wildman–Crippen LogP) is 5.74. The van der Waals surface area contributed by atoms with Gasteiger partial charge in [-0.2, -0.15) is 0 Å². The fraction of sp³-hybridized carbons (Fsp3) is 0.700. The number of aryl methyl sites for hydroxylation is 1. The zero-order chi connectivity index (χ0) is 16.0. The highest BCUT2D eigenvalue weighted by Crippen LogP contribution is 2.29. The second kappa shape index (κ2) is 8.01. The normalized spacial score (nSPS) is 18.2. The standard InChI is InChI=1S/C20H32O2/c1-5-16-10-9-13-18(14-16)22-19(15-20(2,3)4)21-17-11-7-6-8-12-17/h9-10,13-14,17,19H,5-8,11-12,15H2,1-4H3. The molecule has 0 aliphatic heterocycles. The molecular formula is C20H32O2. The third kappa shape index (κ3) is 6.00. The number of hydrogen-bond donors (Lipinski definition) is 0. The number of ether oxygens (including phenoxy) is 2. The van der Waals surface area contributed by atoms with Crippen LogP contribution in [0.15, 0.2) is 24.3 Å². The van der Waals surface area contributed by atoms with Crippen molar-refractivity contribution in [2.75, 3.05) is 0 Å². The van der Waals surface area contributed by atoms with Crippen LogP contribution in [-0.4, -0.2) is 12.4 Å². The van der Waals surface area contributed by atoms with Crippen molar-refractivity contribution < 1.29 is 9.47 Å². The van der Waals surface area contributed by atoms with Gasteiger partial charge in [-0.25, -0.2) is 0 Å². The van der Waals surface area contributed by atoms with Gasteiger partial charge in [0, 0.05) is 6.42 Å². The average molecular weight is 304 g/mol. The first-order valence-electron chi connectivity index (χ1n) is 8.87. The van der Waals surface area contributed by atoms with Crippen molar-refractivity contribution in [3.8, 4) is 5.75 Å². The summed E-state index contributed by atoms with van der Waals surface area (Å²) in [6.45, 7) is 8.91. The van der Waals surface area contributed by atoms with Crippen molar-refractivity contribution in [3.05, 3.63) is 29.8 Å². The second-order valence-corrected chi connectivity index (χ2v) is 7.71. The molecule has 1 aromatic rings. The molecule has 0 spiro atoms. The molecule has 0 heterocycles. The molecule has 1 fully saturated rings. The maximum atomic E-state index is 6.32. The molecule has 0 amide bonds. The molecule has 0 aromatic heterocycles. The molecule has 0 bridgehead atoms.